The summed E-state index contributed by atoms with van der Waals surface area (Å²) in [6.07, 6.45) is 1.95. The molecule has 1 heterocycles. The Kier molecular flexibility index (Phi) is 6.45. The Balaban J connectivity index is 2.66. The average molecular weight is 279 g/mol. The number of aryl methyl sites for hydroxylation is 1. The second kappa shape index (κ2) is 7.85. The highest BCUT2D eigenvalue weighted by atomic mass is 16.5. The lowest BCUT2D eigenvalue weighted by Gasteiger charge is -2.15. The zero-order valence-electron chi connectivity index (χ0n) is 12.8. The van der Waals surface area contributed by atoms with Crippen molar-refractivity contribution in [2.45, 2.75) is 39.2 Å². The molecule has 0 aliphatic heterocycles. The molecule has 2 N–H and O–H groups in total. The highest BCUT2D eigenvalue weighted by molar-refractivity contribution is 5.75. The summed E-state index contributed by atoms with van der Waals surface area (Å²) < 4.78 is 5.69. The zero-order valence-corrected chi connectivity index (χ0v) is 12.8. The average Bonchev–Trinajstić information content (AvgIpc) is 2.40. The van der Waals surface area contributed by atoms with E-state index in [4.69, 9.17) is 10.5 Å². The first-order chi connectivity index (χ1) is 9.43. The van der Waals surface area contributed by atoms with Gasteiger partial charge in [0.05, 0.1) is 18.7 Å². The molecule has 0 spiro atoms. The second-order valence-electron chi connectivity index (χ2n) is 5.16. The fraction of sp³-hybridized carbons (Fsp3) is 0.600. The molecule has 0 saturated heterocycles. The predicted molar refractivity (Wildman–Crippen MR) is 79.8 cm³/mol. The number of pyridine rings is 1. The van der Waals surface area contributed by atoms with E-state index in [-0.39, 0.29) is 11.9 Å². The molecule has 0 saturated carbocycles. The van der Waals surface area contributed by atoms with Gasteiger partial charge in [-0.3, -0.25) is 9.78 Å². The monoisotopic (exact) mass is 279 g/mol. The van der Waals surface area contributed by atoms with Crippen molar-refractivity contribution in [3.63, 3.8) is 0 Å². The van der Waals surface area contributed by atoms with Gasteiger partial charge in [0.1, 0.15) is 5.75 Å². The molecular weight excluding hydrogens is 254 g/mol. The van der Waals surface area contributed by atoms with E-state index in [2.05, 4.69) is 11.9 Å². The molecule has 1 rings (SSSR count). The van der Waals surface area contributed by atoms with Gasteiger partial charge >= 0.3 is 0 Å². The van der Waals surface area contributed by atoms with Crippen molar-refractivity contribution in [2.24, 2.45) is 5.73 Å². The van der Waals surface area contributed by atoms with Crippen LogP contribution in [0.4, 0.5) is 0 Å². The number of carbonyl (C=O) groups excluding carboxylic acids is 1. The van der Waals surface area contributed by atoms with Gasteiger partial charge in [0.2, 0.25) is 5.91 Å². The van der Waals surface area contributed by atoms with Gasteiger partial charge in [0, 0.05) is 32.3 Å². The van der Waals surface area contributed by atoms with Crippen LogP contribution in [0.15, 0.2) is 12.1 Å². The van der Waals surface area contributed by atoms with E-state index in [1.807, 2.05) is 19.1 Å². The normalized spacial score (nSPS) is 12.1. The van der Waals surface area contributed by atoms with Gasteiger partial charge in [-0.25, -0.2) is 0 Å². The molecule has 0 aliphatic carbocycles. The Morgan fingerprint density at radius 3 is 2.75 bits per heavy atom. The Labute approximate surface area is 121 Å². The number of carbonyl (C=O) groups is 1. The molecule has 0 bridgehead atoms. The maximum absolute atomic E-state index is 11.5. The molecule has 0 aliphatic rings. The molecule has 1 atom stereocenters. The third-order valence-corrected chi connectivity index (χ3v) is 3.12. The summed E-state index contributed by atoms with van der Waals surface area (Å²) in [7, 11) is 3.48. The summed E-state index contributed by atoms with van der Waals surface area (Å²) in [5, 5.41) is 0. The number of nitrogens with zero attached hydrogens (tertiary/aromatic N) is 2. The minimum absolute atomic E-state index is 0.0527. The quantitative estimate of drug-likeness (QED) is 0.822. The fourth-order valence-electron chi connectivity index (χ4n) is 1.74. The first-order valence-corrected chi connectivity index (χ1v) is 6.99. The molecule has 0 fully saturated rings. The van der Waals surface area contributed by atoms with Crippen molar-refractivity contribution in [3.8, 4) is 5.75 Å². The number of aromatic nitrogens is 1. The van der Waals surface area contributed by atoms with E-state index in [1.165, 1.54) is 0 Å². The summed E-state index contributed by atoms with van der Waals surface area (Å²) in [4.78, 5) is 17.6. The van der Waals surface area contributed by atoms with Gasteiger partial charge in [-0.2, -0.15) is 0 Å². The van der Waals surface area contributed by atoms with Crippen LogP contribution >= 0.6 is 0 Å². The first-order valence-electron chi connectivity index (χ1n) is 6.99. The van der Waals surface area contributed by atoms with E-state index in [1.54, 1.807) is 19.0 Å². The molecule has 1 amide bonds. The Morgan fingerprint density at radius 2 is 2.15 bits per heavy atom. The minimum atomic E-state index is 0.0527. The lowest BCUT2D eigenvalue weighted by atomic mass is 10.1. The number of rotatable bonds is 7. The van der Waals surface area contributed by atoms with Crippen molar-refractivity contribution >= 4 is 5.91 Å². The summed E-state index contributed by atoms with van der Waals surface area (Å²) in [6.45, 7) is 4.35. The van der Waals surface area contributed by atoms with E-state index in [0.29, 0.717) is 19.4 Å². The van der Waals surface area contributed by atoms with Crippen molar-refractivity contribution < 1.29 is 9.53 Å². The summed E-state index contributed by atoms with van der Waals surface area (Å²) >= 11 is 0. The standard InChI is InChI=1S/C15H25N3O2/c1-5-12(16)10-13-14(7-6-11(2)17-13)20-9-8-15(19)18(3)4/h6-7,12H,5,8-10,16H2,1-4H3. The van der Waals surface area contributed by atoms with Crippen LogP contribution in [0.3, 0.4) is 0 Å². The van der Waals surface area contributed by atoms with Gasteiger partial charge in [-0.05, 0) is 25.5 Å². The second-order valence-corrected chi connectivity index (χ2v) is 5.16. The maximum Gasteiger partial charge on any atom is 0.225 e. The highest BCUT2D eigenvalue weighted by Gasteiger charge is 2.11. The molecule has 1 unspecified atom stereocenters. The van der Waals surface area contributed by atoms with E-state index in [0.717, 1.165) is 23.6 Å². The van der Waals surface area contributed by atoms with Gasteiger partial charge in [0.25, 0.3) is 0 Å². The number of hydrogen-bond acceptors (Lipinski definition) is 4. The maximum atomic E-state index is 11.5. The summed E-state index contributed by atoms with van der Waals surface area (Å²) in [6, 6.07) is 3.89. The molecule has 1 aromatic rings. The Bertz CT molecular complexity index is 447. The van der Waals surface area contributed by atoms with Crippen LogP contribution in [0.2, 0.25) is 0 Å². The van der Waals surface area contributed by atoms with Crippen molar-refractivity contribution in [3.05, 3.63) is 23.5 Å². The van der Waals surface area contributed by atoms with Crippen molar-refractivity contribution in [1.29, 1.82) is 0 Å². The molecule has 112 valence electrons. The molecule has 5 nitrogen and oxygen atoms in total. The largest absolute Gasteiger partial charge is 0.491 e. The van der Waals surface area contributed by atoms with E-state index < -0.39 is 0 Å². The topological polar surface area (TPSA) is 68.5 Å². The van der Waals surface area contributed by atoms with Gasteiger partial charge in [-0.15, -0.1) is 0 Å². The molecular formula is C15H25N3O2. The molecule has 0 aromatic carbocycles. The van der Waals surface area contributed by atoms with Crippen LogP contribution in [0.5, 0.6) is 5.75 Å². The molecule has 20 heavy (non-hydrogen) atoms. The number of nitrogens with two attached hydrogens (primary N) is 1. The fourth-order valence-corrected chi connectivity index (χ4v) is 1.74. The van der Waals surface area contributed by atoms with Crippen LogP contribution in [0, 0.1) is 6.92 Å². The van der Waals surface area contributed by atoms with Gasteiger partial charge in [0.15, 0.2) is 0 Å². The highest BCUT2D eigenvalue weighted by Crippen LogP contribution is 2.19. The summed E-state index contributed by atoms with van der Waals surface area (Å²) in [5.41, 5.74) is 7.80. The zero-order chi connectivity index (χ0) is 15.1. The summed E-state index contributed by atoms with van der Waals surface area (Å²) in [5.74, 6) is 0.780. The number of amides is 1. The molecule has 0 radical (unpaired) electrons. The van der Waals surface area contributed by atoms with Crippen LogP contribution in [-0.4, -0.2) is 42.5 Å². The smallest absolute Gasteiger partial charge is 0.225 e. The lowest BCUT2D eigenvalue weighted by Crippen LogP contribution is -2.24. The van der Waals surface area contributed by atoms with Crippen LogP contribution in [-0.2, 0) is 11.2 Å². The molecule has 5 heteroatoms. The number of hydrogen-bond donors (Lipinski definition) is 1. The van der Waals surface area contributed by atoms with Gasteiger partial charge in [-0.1, -0.05) is 6.92 Å². The van der Waals surface area contributed by atoms with Gasteiger partial charge < -0.3 is 15.4 Å². The van der Waals surface area contributed by atoms with Crippen LogP contribution < -0.4 is 10.5 Å². The minimum Gasteiger partial charge on any atom is -0.491 e. The third kappa shape index (κ3) is 5.17. The Morgan fingerprint density at radius 1 is 1.45 bits per heavy atom. The van der Waals surface area contributed by atoms with Crippen LogP contribution in [0.25, 0.3) is 0 Å². The third-order valence-electron chi connectivity index (χ3n) is 3.12. The lowest BCUT2D eigenvalue weighted by molar-refractivity contribution is -0.129. The SMILES string of the molecule is CCC(N)Cc1nc(C)ccc1OCCC(=O)N(C)C. The Hall–Kier alpha value is -1.62. The van der Waals surface area contributed by atoms with E-state index in [9.17, 15) is 4.79 Å². The van der Waals surface area contributed by atoms with E-state index >= 15 is 0 Å². The molecule has 1 aromatic heterocycles. The number of ether oxygens (including phenoxy) is 1. The first kappa shape index (κ1) is 16.4. The van der Waals surface area contributed by atoms with Crippen molar-refractivity contribution in [2.75, 3.05) is 20.7 Å². The predicted octanol–water partition coefficient (Wildman–Crippen LogP) is 1.53. The van der Waals surface area contributed by atoms with Crippen LogP contribution in [0.1, 0.15) is 31.2 Å². The van der Waals surface area contributed by atoms with Crippen molar-refractivity contribution in [1.82, 2.24) is 9.88 Å².